The molecule has 0 spiro atoms. The van der Waals surface area contributed by atoms with Crippen molar-refractivity contribution in [3.05, 3.63) is 44.6 Å². The van der Waals surface area contributed by atoms with Crippen molar-refractivity contribution < 1.29 is 0 Å². The highest BCUT2D eigenvalue weighted by molar-refractivity contribution is 9.10. The van der Waals surface area contributed by atoms with Gasteiger partial charge in [-0.1, -0.05) is 15.9 Å². The maximum Gasteiger partial charge on any atom is 0.0588 e. The predicted molar refractivity (Wildman–Crippen MR) is 74.9 cm³/mol. The highest BCUT2D eigenvalue weighted by Gasteiger charge is 2.02. The molecule has 0 atom stereocenters. The molecule has 1 heterocycles. The Balaban J connectivity index is 2.10. The second kappa shape index (κ2) is 4.89. The molecule has 84 valence electrons. The number of hydrogen-bond acceptors (Lipinski definition) is 3. The second-order valence-corrected chi connectivity index (χ2v) is 5.53. The maximum absolute atomic E-state index is 5.89. The standard InChI is InChI=1S/C12H13BrN2S/c1-8-4-5-16-12(8)7-15-11-6-9(13)2-3-10(11)14/h2-6,15H,7,14H2,1H3. The third-order valence-corrected chi connectivity index (χ3v) is 3.94. The molecule has 0 radical (unpaired) electrons. The van der Waals surface area contributed by atoms with Crippen LogP contribution in [-0.2, 0) is 6.54 Å². The molecule has 2 rings (SSSR count). The van der Waals surface area contributed by atoms with E-state index < -0.39 is 0 Å². The van der Waals surface area contributed by atoms with Crippen LogP contribution < -0.4 is 11.1 Å². The van der Waals surface area contributed by atoms with Gasteiger partial charge in [-0.3, -0.25) is 0 Å². The summed E-state index contributed by atoms with van der Waals surface area (Å²) in [4.78, 5) is 1.35. The lowest BCUT2D eigenvalue weighted by Gasteiger charge is -2.09. The summed E-state index contributed by atoms with van der Waals surface area (Å²) in [6.45, 7) is 2.95. The maximum atomic E-state index is 5.89. The van der Waals surface area contributed by atoms with Crippen LogP contribution in [0.3, 0.4) is 0 Å². The van der Waals surface area contributed by atoms with E-state index in [4.69, 9.17) is 5.73 Å². The molecular formula is C12H13BrN2S. The molecule has 0 amide bonds. The van der Waals surface area contributed by atoms with Crippen molar-refractivity contribution in [3.63, 3.8) is 0 Å². The zero-order valence-electron chi connectivity index (χ0n) is 8.96. The molecule has 0 aliphatic carbocycles. The molecule has 0 unspecified atom stereocenters. The lowest BCUT2D eigenvalue weighted by atomic mass is 10.2. The van der Waals surface area contributed by atoms with Gasteiger partial charge in [0.15, 0.2) is 0 Å². The topological polar surface area (TPSA) is 38.0 Å². The van der Waals surface area contributed by atoms with E-state index >= 15 is 0 Å². The van der Waals surface area contributed by atoms with E-state index in [0.29, 0.717) is 0 Å². The number of nitrogen functional groups attached to an aromatic ring is 1. The summed E-state index contributed by atoms with van der Waals surface area (Å²) in [6.07, 6.45) is 0. The molecule has 1 aromatic carbocycles. The average Bonchev–Trinajstić information content (AvgIpc) is 2.66. The van der Waals surface area contributed by atoms with Gasteiger partial charge < -0.3 is 11.1 Å². The lowest BCUT2D eigenvalue weighted by Crippen LogP contribution is -2.01. The van der Waals surface area contributed by atoms with Gasteiger partial charge >= 0.3 is 0 Å². The Bertz CT molecular complexity index is 494. The molecular weight excluding hydrogens is 284 g/mol. The van der Waals surface area contributed by atoms with E-state index in [2.05, 4.69) is 39.6 Å². The Morgan fingerprint density at radius 2 is 2.19 bits per heavy atom. The van der Waals surface area contributed by atoms with E-state index in [0.717, 1.165) is 22.4 Å². The molecule has 4 heteroatoms. The fourth-order valence-corrected chi connectivity index (χ4v) is 2.65. The average molecular weight is 297 g/mol. The number of halogens is 1. The zero-order chi connectivity index (χ0) is 11.5. The van der Waals surface area contributed by atoms with Gasteiger partial charge in [-0.05, 0) is 42.1 Å². The predicted octanol–water partition coefficient (Wildman–Crippen LogP) is 4.01. The fraction of sp³-hybridized carbons (Fsp3) is 0.167. The number of thiophene rings is 1. The Hall–Kier alpha value is -1.00. The van der Waals surface area contributed by atoms with E-state index in [1.807, 2.05) is 18.2 Å². The fourth-order valence-electron chi connectivity index (χ4n) is 1.44. The van der Waals surface area contributed by atoms with Crippen molar-refractivity contribution in [1.29, 1.82) is 0 Å². The van der Waals surface area contributed by atoms with Crippen LogP contribution in [0.25, 0.3) is 0 Å². The van der Waals surface area contributed by atoms with Crippen LogP contribution in [0.1, 0.15) is 10.4 Å². The first-order valence-electron chi connectivity index (χ1n) is 4.98. The zero-order valence-corrected chi connectivity index (χ0v) is 11.4. The van der Waals surface area contributed by atoms with Crippen molar-refractivity contribution in [1.82, 2.24) is 0 Å². The quantitative estimate of drug-likeness (QED) is 0.840. The lowest BCUT2D eigenvalue weighted by molar-refractivity contribution is 1.17. The van der Waals surface area contributed by atoms with Gasteiger partial charge in [-0.2, -0.15) is 0 Å². The van der Waals surface area contributed by atoms with Crippen LogP contribution in [0, 0.1) is 6.92 Å². The molecule has 0 saturated heterocycles. The highest BCUT2D eigenvalue weighted by Crippen LogP contribution is 2.25. The third-order valence-electron chi connectivity index (χ3n) is 2.42. The molecule has 1 aromatic heterocycles. The van der Waals surface area contributed by atoms with Gasteiger partial charge in [-0.25, -0.2) is 0 Å². The summed E-state index contributed by atoms with van der Waals surface area (Å²) in [5.41, 5.74) is 8.96. The van der Waals surface area contributed by atoms with Gasteiger partial charge in [0.2, 0.25) is 0 Å². The molecule has 0 saturated carbocycles. The molecule has 16 heavy (non-hydrogen) atoms. The smallest absolute Gasteiger partial charge is 0.0588 e. The Labute approximate surface area is 108 Å². The normalized spacial score (nSPS) is 10.4. The van der Waals surface area contributed by atoms with Crippen LogP contribution in [0.5, 0.6) is 0 Å². The first kappa shape index (κ1) is 11.5. The van der Waals surface area contributed by atoms with Crippen molar-refractivity contribution in [3.8, 4) is 0 Å². The minimum atomic E-state index is 0.775. The van der Waals surface area contributed by atoms with Crippen LogP contribution in [0.4, 0.5) is 11.4 Å². The molecule has 0 bridgehead atoms. The molecule has 3 N–H and O–H groups in total. The SMILES string of the molecule is Cc1ccsc1CNc1cc(Br)ccc1N. The Morgan fingerprint density at radius 3 is 2.88 bits per heavy atom. The van der Waals surface area contributed by atoms with Gasteiger partial charge in [-0.15, -0.1) is 11.3 Å². The number of hydrogen-bond donors (Lipinski definition) is 2. The number of anilines is 2. The first-order valence-corrected chi connectivity index (χ1v) is 6.66. The Kier molecular flexibility index (Phi) is 3.51. The van der Waals surface area contributed by atoms with E-state index in [9.17, 15) is 0 Å². The van der Waals surface area contributed by atoms with Crippen LogP contribution in [0.2, 0.25) is 0 Å². The molecule has 2 nitrogen and oxygen atoms in total. The number of nitrogens with one attached hydrogen (secondary N) is 1. The number of aryl methyl sites for hydroxylation is 1. The van der Waals surface area contributed by atoms with Crippen LogP contribution >= 0.6 is 27.3 Å². The largest absolute Gasteiger partial charge is 0.397 e. The molecule has 0 aliphatic heterocycles. The van der Waals surface area contributed by atoms with E-state index in [1.54, 1.807) is 11.3 Å². The molecule has 0 aliphatic rings. The summed E-state index contributed by atoms with van der Waals surface area (Å²) in [6, 6.07) is 7.97. The van der Waals surface area contributed by atoms with E-state index in [1.165, 1.54) is 10.4 Å². The van der Waals surface area contributed by atoms with Crippen LogP contribution in [-0.4, -0.2) is 0 Å². The third kappa shape index (κ3) is 2.57. The minimum absolute atomic E-state index is 0.775. The van der Waals surface area contributed by atoms with Crippen molar-refractivity contribution in [2.45, 2.75) is 13.5 Å². The first-order chi connectivity index (χ1) is 7.66. The molecule has 0 fully saturated rings. The van der Waals surface area contributed by atoms with Gasteiger partial charge in [0, 0.05) is 15.9 Å². The summed E-state index contributed by atoms with van der Waals surface area (Å²) in [5.74, 6) is 0. The Morgan fingerprint density at radius 1 is 1.38 bits per heavy atom. The van der Waals surface area contributed by atoms with E-state index in [-0.39, 0.29) is 0 Å². The van der Waals surface area contributed by atoms with Crippen molar-refractivity contribution >= 4 is 38.6 Å². The van der Waals surface area contributed by atoms with Gasteiger partial charge in [0.1, 0.15) is 0 Å². The summed E-state index contributed by atoms with van der Waals surface area (Å²) in [7, 11) is 0. The monoisotopic (exact) mass is 296 g/mol. The summed E-state index contributed by atoms with van der Waals surface area (Å²) < 4.78 is 1.03. The molecule has 2 aromatic rings. The van der Waals surface area contributed by atoms with Crippen LogP contribution in [0.15, 0.2) is 34.1 Å². The number of rotatable bonds is 3. The second-order valence-electron chi connectivity index (χ2n) is 3.61. The van der Waals surface area contributed by atoms with Gasteiger partial charge in [0.25, 0.3) is 0 Å². The summed E-state index contributed by atoms with van der Waals surface area (Å²) >= 11 is 5.20. The number of nitrogens with two attached hydrogens (primary N) is 1. The van der Waals surface area contributed by atoms with Gasteiger partial charge in [0.05, 0.1) is 11.4 Å². The minimum Gasteiger partial charge on any atom is -0.397 e. The van der Waals surface area contributed by atoms with Crippen molar-refractivity contribution in [2.75, 3.05) is 11.1 Å². The van der Waals surface area contributed by atoms with Crippen molar-refractivity contribution in [2.24, 2.45) is 0 Å². The summed E-state index contributed by atoms with van der Waals surface area (Å²) in [5, 5.41) is 5.46. The number of benzene rings is 1. The highest BCUT2D eigenvalue weighted by atomic mass is 79.9.